The molecule has 0 saturated carbocycles. The topological polar surface area (TPSA) is 128 Å². The lowest BCUT2D eigenvalue weighted by Crippen LogP contribution is -2.37. The van der Waals surface area contributed by atoms with Gasteiger partial charge in [0.25, 0.3) is 10.6 Å². The van der Waals surface area contributed by atoms with Crippen molar-refractivity contribution in [3.05, 3.63) is 67.3 Å². The fraction of sp³-hybridized carbons (Fsp3) is 0.522. The molecule has 1 aromatic carbocycles. The van der Waals surface area contributed by atoms with E-state index in [2.05, 4.69) is 10.1 Å². The molecule has 0 spiro atoms. The first kappa shape index (κ1) is 23.8. The second-order valence-electron chi connectivity index (χ2n) is 8.82. The van der Waals surface area contributed by atoms with Crippen LogP contribution in [0.25, 0.3) is 11.0 Å². The SMILES string of the molecule is Cc1nc2n(c(=O)c1CCN1CCC(c3noc4cc(F)ccc34)CC1)CCCC2.O=[N+]([O-])O. The largest absolute Gasteiger partial charge is 0.356 e. The van der Waals surface area contributed by atoms with Crippen LogP contribution < -0.4 is 5.56 Å². The summed E-state index contributed by atoms with van der Waals surface area (Å²) in [5.74, 6) is 0.974. The monoisotopic (exact) mass is 473 g/mol. The molecule has 34 heavy (non-hydrogen) atoms. The highest BCUT2D eigenvalue weighted by atomic mass is 19.1. The van der Waals surface area contributed by atoms with Crippen LogP contribution in [0.5, 0.6) is 0 Å². The standard InChI is InChI=1S/C23H27FN4O2.HNO3/c1-15-18(23(29)28-10-3-2-4-21(28)25-15)9-13-27-11-7-16(8-12-27)22-19-6-5-17(24)14-20(19)30-26-22;2-1(3)4/h5-6,14,16H,2-4,7-13H2,1H3;(H,2,3,4). The Hall–Kier alpha value is -3.34. The Bertz CT molecular complexity index is 1230. The normalized spacial score (nSPS) is 16.6. The van der Waals surface area contributed by atoms with E-state index in [1.54, 1.807) is 6.07 Å². The zero-order valence-corrected chi connectivity index (χ0v) is 19.1. The molecule has 2 aliphatic rings. The zero-order chi connectivity index (χ0) is 24.2. The van der Waals surface area contributed by atoms with Gasteiger partial charge in [0.1, 0.15) is 11.6 Å². The van der Waals surface area contributed by atoms with Gasteiger partial charge in [0.05, 0.1) is 5.69 Å². The molecule has 3 aromatic rings. The van der Waals surface area contributed by atoms with Gasteiger partial charge in [0.2, 0.25) is 0 Å². The van der Waals surface area contributed by atoms with Crippen molar-refractivity contribution in [3.63, 3.8) is 0 Å². The van der Waals surface area contributed by atoms with E-state index >= 15 is 0 Å². The molecule has 0 aliphatic carbocycles. The van der Waals surface area contributed by atoms with Crippen LogP contribution in [-0.4, -0.2) is 49.5 Å². The quantitative estimate of drug-likeness (QED) is 0.452. The molecule has 2 aromatic heterocycles. The molecular formula is C23H28FN5O5. The van der Waals surface area contributed by atoms with Crippen LogP contribution in [-0.2, 0) is 19.4 Å². The number of halogens is 1. The van der Waals surface area contributed by atoms with Crippen molar-refractivity contribution >= 4 is 11.0 Å². The van der Waals surface area contributed by atoms with Crippen molar-refractivity contribution in [2.75, 3.05) is 19.6 Å². The summed E-state index contributed by atoms with van der Waals surface area (Å²) in [6.45, 7) is 5.55. The summed E-state index contributed by atoms with van der Waals surface area (Å²) < 4.78 is 20.6. The van der Waals surface area contributed by atoms with Crippen molar-refractivity contribution in [2.24, 2.45) is 0 Å². The molecule has 0 unspecified atom stereocenters. The molecule has 182 valence electrons. The van der Waals surface area contributed by atoms with Crippen molar-refractivity contribution in [1.29, 1.82) is 0 Å². The molecule has 10 nitrogen and oxygen atoms in total. The third-order valence-corrected chi connectivity index (χ3v) is 6.69. The molecule has 2 aliphatic heterocycles. The molecule has 0 atom stereocenters. The Kier molecular flexibility index (Phi) is 7.20. The van der Waals surface area contributed by atoms with Crippen LogP contribution >= 0.6 is 0 Å². The Labute approximate surface area is 195 Å². The summed E-state index contributed by atoms with van der Waals surface area (Å²) >= 11 is 0. The van der Waals surface area contributed by atoms with Crippen LogP contribution in [0.4, 0.5) is 4.39 Å². The van der Waals surface area contributed by atoms with E-state index < -0.39 is 5.09 Å². The minimum absolute atomic E-state index is 0.161. The predicted octanol–water partition coefficient (Wildman–Crippen LogP) is 3.24. The van der Waals surface area contributed by atoms with Gasteiger partial charge >= 0.3 is 0 Å². The first-order valence-electron chi connectivity index (χ1n) is 11.5. The highest BCUT2D eigenvalue weighted by molar-refractivity contribution is 5.79. The van der Waals surface area contributed by atoms with Gasteiger partial charge in [-0.15, -0.1) is 10.1 Å². The third-order valence-electron chi connectivity index (χ3n) is 6.69. The number of aromatic nitrogens is 3. The van der Waals surface area contributed by atoms with Gasteiger partial charge in [-0.25, -0.2) is 9.37 Å². The van der Waals surface area contributed by atoms with E-state index in [0.29, 0.717) is 11.5 Å². The molecule has 1 fully saturated rings. The highest BCUT2D eigenvalue weighted by Gasteiger charge is 2.25. The minimum atomic E-state index is -1.50. The van der Waals surface area contributed by atoms with E-state index in [4.69, 9.17) is 24.8 Å². The molecule has 1 N–H and O–H groups in total. The molecular weight excluding hydrogens is 445 g/mol. The zero-order valence-electron chi connectivity index (χ0n) is 19.1. The number of aryl methyl sites for hydroxylation is 2. The summed E-state index contributed by atoms with van der Waals surface area (Å²) in [5, 5.41) is 18.8. The number of rotatable bonds is 4. The van der Waals surface area contributed by atoms with E-state index in [-0.39, 0.29) is 11.4 Å². The van der Waals surface area contributed by atoms with Crippen LogP contribution in [0.2, 0.25) is 0 Å². The Morgan fingerprint density at radius 2 is 2.00 bits per heavy atom. The maximum Gasteiger partial charge on any atom is 0.291 e. The third kappa shape index (κ3) is 5.24. The minimum Gasteiger partial charge on any atom is -0.356 e. The van der Waals surface area contributed by atoms with E-state index in [0.717, 1.165) is 92.9 Å². The highest BCUT2D eigenvalue weighted by Crippen LogP contribution is 2.32. The molecule has 11 heteroatoms. The molecule has 4 heterocycles. The fourth-order valence-corrected chi connectivity index (χ4v) is 4.94. The van der Waals surface area contributed by atoms with Gasteiger partial charge in [-0.1, -0.05) is 5.16 Å². The predicted molar refractivity (Wildman–Crippen MR) is 121 cm³/mol. The van der Waals surface area contributed by atoms with Crippen LogP contribution in [0.1, 0.15) is 54.4 Å². The second kappa shape index (κ2) is 10.3. The number of hydrogen-bond donors (Lipinski definition) is 1. The number of fused-ring (bicyclic) bond motifs is 2. The average molecular weight is 474 g/mol. The molecule has 0 radical (unpaired) electrons. The Morgan fingerprint density at radius 3 is 2.74 bits per heavy atom. The maximum atomic E-state index is 13.4. The number of benzene rings is 1. The summed E-state index contributed by atoms with van der Waals surface area (Å²) in [6.07, 6.45) is 5.81. The number of hydrogen-bond acceptors (Lipinski definition) is 7. The number of likely N-dealkylation sites (tertiary alicyclic amines) is 1. The lowest BCUT2D eigenvalue weighted by Gasteiger charge is -2.31. The molecule has 5 rings (SSSR count). The lowest BCUT2D eigenvalue weighted by molar-refractivity contribution is -0.742. The number of piperidine rings is 1. The first-order valence-corrected chi connectivity index (χ1v) is 11.5. The van der Waals surface area contributed by atoms with Gasteiger partial charge in [-0.05, 0) is 64.3 Å². The molecule has 0 amide bonds. The maximum absolute atomic E-state index is 13.4. The summed E-state index contributed by atoms with van der Waals surface area (Å²) in [6, 6.07) is 4.63. The van der Waals surface area contributed by atoms with Crippen LogP contribution in [0.15, 0.2) is 27.5 Å². The summed E-state index contributed by atoms with van der Waals surface area (Å²) in [5.41, 5.74) is 3.38. The van der Waals surface area contributed by atoms with Crippen LogP contribution in [0.3, 0.4) is 0 Å². The van der Waals surface area contributed by atoms with E-state index in [1.165, 1.54) is 12.1 Å². The van der Waals surface area contributed by atoms with E-state index in [9.17, 15) is 9.18 Å². The van der Waals surface area contributed by atoms with Crippen LogP contribution in [0, 0.1) is 22.9 Å². The lowest BCUT2D eigenvalue weighted by atomic mass is 9.91. The van der Waals surface area contributed by atoms with Crippen molar-refractivity contribution < 1.29 is 19.2 Å². The smallest absolute Gasteiger partial charge is 0.291 e. The fourth-order valence-electron chi connectivity index (χ4n) is 4.94. The average Bonchev–Trinajstić information content (AvgIpc) is 3.22. The van der Waals surface area contributed by atoms with Gasteiger partial charge in [0, 0.05) is 48.1 Å². The number of nitrogens with zero attached hydrogens (tertiary/aromatic N) is 5. The summed E-state index contributed by atoms with van der Waals surface area (Å²) in [7, 11) is 0. The van der Waals surface area contributed by atoms with Crippen molar-refractivity contribution in [1.82, 2.24) is 19.6 Å². The second-order valence-corrected chi connectivity index (χ2v) is 8.82. The summed E-state index contributed by atoms with van der Waals surface area (Å²) in [4.78, 5) is 28.4. The Morgan fingerprint density at radius 1 is 1.26 bits per heavy atom. The van der Waals surface area contributed by atoms with Crippen molar-refractivity contribution in [3.8, 4) is 0 Å². The molecule has 1 saturated heterocycles. The van der Waals surface area contributed by atoms with Gasteiger partial charge < -0.3 is 14.6 Å². The Balaban J connectivity index is 0.000000636. The van der Waals surface area contributed by atoms with E-state index in [1.807, 2.05) is 11.5 Å². The van der Waals surface area contributed by atoms with Gasteiger partial charge in [0.15, 0.2) is 5.58 Å². The van der Waals surface area contributed by atoms with Gasteiger partial charge in [-0.3, -0.25) is 9.36 Å². The first-order chi connectivity index (χ1) is 16.3. The van der Waals surface area contributed by atoms with Crippen molar-refractivity contribution in [2.45, 2.75) is 57.9 Å². The molecule has 0 bridgehead atoms. The van der Waals surface area contributed by atoms with Gasteiger partial charge in [-0.2, -0.15) is 0 Å².